The van der Waals surface area contributed by atoms with Crippen LogP contribution in [0.3, 0.4) is 0 Å². The molecule has 6 nitrogen and oxygen atoms in total. The van der Waals surface area contributed by atoms with E-state index < -0.39 is 0 Å². The van der Waals surface area contributed by atoms with Gasteiger partial charge in [-0.05, 0) is 37.5 Å². The van der Waals surface area contributed by atoms with Crippen molar-refractivity contribution in [2.45, 2.75) is 38.6 Å². The Bertz CT molecular complexity index is 752. The number of hydrogen-bond acceptors (Lipinski definition) is 4. The van der Waals surface area contributed by atoms with Crippen LogP contribution in [0.4, 0.5) is 0 Å². The van der Waals surface area contributed by atoms with E-state index in [2.05, 4.69) is 22.2 Å². The lowest BCUT2D eigenvalue weighted by molar-refractivity contribution is -0.123. The minimum Gasteiger partial charge on any atom is -0.454 e. The van der Waals surface area contributed by atoms with Gasteiger partial charge >= 0.3 is 0 Å². The lowest BCUT2D eigenvalue weighted by atomic mass is 10.1. The Morgan fingerprint density at radius 2 is 2.21 bits per heavy atom. The number of amides is 1. The quantitative estimate of drug-likeness (QED) is 0.854. The SMILES string of the molecule is CCCC(NC(=O)C1CC1)c1ncc(-c2ccc3c(c2)OCO3)[nH]1. The molecule has 1 unspecified atom stereocenters. The zero-order valence-corrected chi connectivity index (χ0v) is 13.7. The highest BCUT2D eigenvalue weighted by molar-refractivity contribution is 5.81. The third kappa shape index (κ3) is 2.96. The molecule has 2 aliphatic rings. The Labute approximate surface area is 140 Å². The van der Waals surface area contributed by atoms with E-state index >= 15 is 0 Å². The summed E-state index contributed by atoms with van der Waals surface area (Å²) in [5.41, 5.74) is 1.90. The summed E-state index contributed by atoms with van der Waals surface area (Å²) in [6.07, 6.45) is 5.66. The van der Waals surface area contributed by atoms with Crippen LogP contribution in [-0.4, -0.2) is 22.7 Å². The number of fused-ring (bicyclic) bond motifs is 1. The van der Waals surface area contributed by atoms with Gasteiger partial charge in [-0.3, -0.25) is 4.79 Å². The second kappa shape index (κ2) is 6.19. The summed E-state index contributed by atoms with van der Waals surface area (Å²) in [7, 11) is 0. The van der Waals surface area contributed by atoms with E-state index in [4.69, 9.17) is 9.47 Å². The van der Waals surface area contributed by atoms with Crippen molar-refractivity contribution in [2.75, 3.05) is 6.79 Å². The first-order chi connectivity index (χ1) is 11.7. The fourth-order valence-electron chi connectivity index (χ4n) is 2.93. The fraction of sp³-hybridized carbons (Fsp3) is 0.444. The Balaban J connectivity index is 1.54. The number of rotatable bonds is 6. The van der Waals surface area contributed by atoms with Crippen LogP contribution in [0.2, 0.25) is 0 Å². The highest BCUT2D eigenvalue weighted by Crippen LogP contribution is 2.36. The molecule has 1 aromatic heterocycles. The molecule has 2 heterocycles. The Morgan fingerprint density at radius 3 is 3.00 bits per heavy atom. The monoisotopic (exact) mass is 327 g/mol. The van der Waals surface area contributed by atoms with E-state index in [0.29, 0.717) is 0 Å². The van der Waals surface area contributed by atoms with Gasteiger partial charge in [0, 0.05) is 11.5 Å². The lowest BCUT2D eigenvalue weighted by Crippen LogP contribution is -2.30. The van der Waals surface area contributed by atoms with Crippen molar-refractivity contribution < 1.29 is 14.3 Å². The second-order valence-corrected chi connectivity index (χ2v) is 6.37. The molecule has 0 saturated heterocycles. The standard InChI is InChI=1S/C18H21N3O3/c1-2-3-13(21-18(22)11-4-5-11)17-19-9-14(20-17)12-6-7-15-16(8-12)24-10-23-15/h6-9,11,13H,2-5,10H2,1H3,(H,19,20)(H,21,22). The number of carbonyl (C=O) groups excluding carboxylic acids is 1. The molecular weight excluding hydrogens is 306 g/mol. The number of imidazole rings is 1. The van der Waals surface area contributed by atoms with Crippen molar-refractivity contribution in [2.24, 2.45) is 5.92 Å². The van der Waals surface area contributed by atoms with Gasteiger partial charge in [-0.1, -0.05) is 13.3 Å². The molecule has 1 aliphatic carbocycles. The summed E-state index contributed by atoms with van der Waals surface area (Å²) in [6.45, 7) is 2.37. The highest BCUT2D eigenvalue weighted by atomic mass is 16.7. The third-order valence-corrected chi connectivity index (χ3v) is 4.45. The predicted molar refractivity (Wildman–Crippen MR) is 88.7 cm³/mol. The third-order valence-electron chi connectivity index (χ3n) is 4.45. The second-order valence-electron chi connectivity index (χ2n) is 6.37. The van der Waals surface area contributed by atoms with Gasteiger partial charge in [0.25, 0.3) is 0 Å². The summed E-state index contributed by atoms with van der Waals surface area (Å²) < 4.78 is 10.8. The molecule has 1 saturated carbocycles. The van der Waals surface area contributed by atoms with Gasteiger partial charge in [0.2, 0.25) is 12.7 Å². The van der Waals surface area contributed by atoms with Crippen molar-refractivity contribution in [3.05, 3.63) is 30.2 Å². The minimum absolute atomic E-state index is 0.0640. The highest BCUT2D eigenvalue weighted by Gasteiger charge is 2.31. The van der Waals surface area contributed by atoms with Crippen LogP contribution in [0.15, 0.2) is 24.4 Å². The van der Waals surface area contributed by atoms with E-state index in [-0.39, 0.29) is 24.7 Å². The van der Waals surface area contributed by atoms with Crippen molar-refractivity contribution in [3.63, 3.8) is 0 Å². The van der Waals surface area contributed by atoms with Gasteiger partial charge in [0.15, 0.2) is 11.5 Å². The van der Waals surface area contributed by atoms with E-state index in [1.807, 2.05) is 18.2 Å². The minimum atomic E-state index is -0.0640. The summed E-state index contributed by atoms with van der Waals surface area (Å²) in [5, 5.41) is 3.13. The molecule has 24 heavy (non-hydrogen) atoms. The fourth-order valence-corrected chi connectivity index (χ4v) is 2.93. The van der Waals surface area contributed by atoms with Crippen molar-refractivity contribution >= 4 is 5.91 Å². The Morgan fingerprint density at radius 1 is 1.38 bits per heavy atom. The molecular formula is C18H21N3O3. The summed E-state index contributed by atoms with van der Waals surface area (Å²) >= 11 is 0. The maximum atomic E-state index is 12.1. The van der Waals surface area contributed by atoms with Gasteiger partial charge in [-0.15, -0.1) is 0 Å². The summed E-state index contributed by atoms with van der Waals surface area (Å²) in [4.78, 5) is 19.9. The first-order valence-electron chi connectivity index (χ1n) is 8.50. The summed E-state index contributed by atoms with van der Waals surface area (Å²) in [6, 6.07) is 5.75. The van der Waals surface area contributed by atoms with E-state index in [9.17, 15) is 4.79 Å². The van der Waals surface area contributed by atoms with Crippen LogP contribution in [-0.2, 0) is 4.79 Å². The molecule has 1 fully saturated rings. The smallest absolute Gasteiger partial charge is 0.231 e. The number of carbonyl (C=O) groups is 1. The molecule has 1 amide bonds. The maximum Gasteiger partial charge on any atom is 0.231 e. The van der Waals surface area contributed by atoms with Gasteiger partial charge in [-0.2, -0.15) is 0 Å². The largest absolute Gasteiger partial charge is 0.454 e. The van der Waals surface area contributed by atoms with E-state index in [1.165, 1.54) is 0 Å². The molecule has 1 aliphatic heterocycles. The normalized spacial score (nSPS) is 16.9. The molecule has 0 bridgehead atoms. The number of H-pyrrole nitrogens is 1. The molecule has 1 aromatic carbocycles. The van der Waals surface area contributed by atoms with Crippen molar-refractivity contribution in [3.8, 4) is 22.8 Å². The summed E-state index contributed by atoms with van der Waals surface area (Å²) in [5.74, 6) is 2.66. The molecule has 6 heteroatoms. The molecule has 2 aromatic rings. The average Bonchev–Trinajstić information content (AvgIpc) is 3.15. The molecule has 4 rings (SSSR count). The number of nitrogens with one attached hydrogen (secondary N) is 2. The van der Waals surface area contributed by atoms with Crippen LogP contribution in [0.1, 0.15) is 44.5 Å². The van der Waals surface area contributed by atoms with Gasteiger partial charge in [-0.25, -0.2) is 4.98 Å². The average molecular weight is 327 g/mol. The number of hydrogen-bond donors (Lipinski definition) is 2. The number of aromatic amines is 1. The van der Waals surface area contributed by atoms with Gasteiger partial charge < -0.3 is 19.8 Å². The van der Waals surface area contributed by atoms with Crippen LogP contribution in [0.5, 0.6) is 11.5 Å². The Kier molecular flexibility index (Phi) is 3.88. The van der Waals surface area contributed by atoms with Crippen molar-refractivity contribution in [1.29, 1.82) is 0 Å². The zero-order chi connectivity index (χ0) is 16.5. The van der Waals surface area contributed by atoms with E-state index in [1.54, 1.807) is 6.20 Å². The molecule has 0 radical (unpaired) electrons. The molecule has 0 spiro atoms. The van der Waals surface area contributed by atoms with Crippen molar-refractivity contribution in [1.82, 2.24) is 15.3 Å². The number of benzene rings is 1. The van der Waals surface area contributed by atoms with E-state index in [0.717, 1.165) is 54.3 Å². The predicted octanol–water partition coefficient (Wildman–Crippen LogP) is 3.17. The Hall–Kier alpha value is -2.50. The molecule has 1 atom stereocenters. The first-order valence-corrected chi connectivity index (χ1v) is 8.50. The number of nitrogens with zero attached hydrogens (tertiary/aromatic N) is 1. The van der Waals surface area contributed by atoms with Crippen LogP contribution in [0, 0.1) is 5.92 Å². The number of ether oxygens (including phenoxy) is 2. The van der Waals surface area contributed by atoms with Gasteiger partial charge in [0.1, 0.15) is 5.82 Å². The molecule has 2 N–H and O–H groups in total. The zero-order valence-electron chi connectivity index (χ0n) is 13.7. The van der Waals surface area contributed by atoms with Crippen LogP contribution in [0.25, 0.3) is 11.3 Å². The van der Waals surface area contributed by atoms with Crippen LogP contribution < -0.4 is 14.8 Å². The first kappa shape index (κ1) is 15.1. The van der Waals surface area contributed by atoms with Gasteiger partial charge in [0.05, 0.1) is 17.9 Å². The topological polar surface area (TPSA) is 76.2 Å². The maximum absolute atomic E-state index is 12.1. The molecule has 126 valence electrons. The lowest BCUT2D eigenvalue weighted by Gasteiger charge is -2.15. The number of aromatic nitrogens is 2. The van der Waals surface area contributed by atoms with Crippen LogP contribution >= 0.6 is 0 Å².